The van der Waals surface area contributed by atoms with Crippen LogP contribution in [0, 0.1) is 11.6 Å². The first-order chi connectivity index (χ1) is 18.5. The summed E-state index contributed by atoms with van der Waals surface area (Å²) in [5.41, 5.74) is 2.40. The zero-order chi connectivity index (χ0) is 26.3. The van der Waals surface area contributed by atoms with Gasteiger partial charge in [-0.2, -0.15) is 0 Å². The number of aromatic hydroxyl groups is 1. The maximum Gasteiger partial charge on any atom is 0.265 e. The number of phenols is 1. The maximum absolute atomic E-state index is 14.3. The first kappa shape index (κ1) is 24.6. The summed E-state index contributed by atoms with van der Waals surface area (Å²) in [6.07, 6.45) is 3.78. The van der Waals surface area contributed by atoms with Gasteiger partial charge >= 0.3 is 0 Å². The Bertz CT molecular complexity index is 1480. The van der Waals surface area contributed by atoms with Gasteiger partial charge in [-0.25, -0.2) is 8.78 Å². The van der Waals surface area contributed by atoms with E-state index in [4.69, 9.17) is 14.2 Å². The van der Waals surface area contributed by atoms with Crippen LogP contribution in [0.1, 0.15) is 30.4 Å². The molecule has 0 aliphatic carbocycles. The summed E-state index contributed by atoms with van der Waals surface area (Å²) in [5.74, 6) is -2.38. The summed E-state index contributed by atoms with van der Waals surface area (Å²) in [4.78, 5) is 2.42. The Morgan fingerprint density at radius 3 is 2.42 bits per heavy atom. The Labute approximate surface area is 220 Å². The number of benzene rings is 4. The molecule has 1 unspecified atom stereocenters. The maximum atomic E-state index is 14.3. The van der Waals surface area contributed by atoms with Crippen LogP contribution in [0.25, 0.3) is 21.9 Å². The summed E-state index contributed by atoms with van der Waals surface area (Å²) in [6, 6.07) is 18.4. The van der Waals surface area contributed by atoms with Crippen molar-refractivity contribution in [1.82, 2.24) is 4.90 Å². The molecule has 1 fully saturated rings. The van der Waals surface area contributed by atoms with Crippen molar-refractivity contribution in [3.05, 3.63) is 89.5 Å². The highest BCUT2D eigenvalue weighted by Gasteiger charge is 2.45. The van der Waals surface area contributed by atoms with E-state index in [9.17, 15) is 13.9 Å². The first-order valence-electron chi connectivity index (χ1n) is 12.9. The van der Waals surface area contributed by atoms with Crippen LogP contribution in [0.4, 0.5) is 8.78 Å². The molecule has 2 aliphatic rings. The number of hydrogen-bond acceptors (Lipinski definition) is 5. The van der Waals surface area contributed by atoms with Gasteiger partial charge in [0.2, 0.25) is 0 Å². The van der Waals surface area contributed by atoms with Crippen molar-refractivity contribution in [3.8, 4) is 28.4 Å². The van der Waals surface area contributed by atoms with E-state index in [0.717, 1.165) is 48.3 Å². The topological polar surface area (TPSA) is 51.2 Å². The second-order valence-corrected chi connectivity index (χ2v) is 9.85. The van der Waals surface area contributed by atoms with E-state index in [1.165, 1.54) is 26.4 Å². The Morgan fingerprint density at radius 2 is 1.66 bits per heavy atom. The van der Waals surface area contributed by atoms with Crippen LogP contribution in [0.2, 0.25) is 0 Å². The number of hydrogen-bond donors (Lipinski definition) is 1. The molecule has 196 valence electrons. The quantitative estimate of drug-likeness (QED) is 0.313. The van der Waals surface area contributed by atoms with E-state index < -0.39 is 17.4 Å². The summed E-state index contributed by atoms with van der Waals surface area (Å²) < 4.78 is 47.2. The zero-order valence-electron chi connectivity index (χ0n) is 21.2. The van der Waals surface area contributed by atoms with Crippen molar-refractivity contribution < 1.29 is 28.1 Å². The SMILES string of the molecule is COC1(c2ccc(OCCN3CCCCC3)cc2)Oc2cc(F)c(F)cc2-c2ccc3cc(O)ccc3c21. The Kier molecular flexibility index (Phi) is 6.41. The van der Waals surface area contributed by atoms with Gasteiger partial charge in [-0.1, -0.05) is 24.6 Å². The highest BCUT2D eigenvalue weighted by molar-refractivity contribution is 5.95. The molecule has 0 amide bonds. The smallest absolute Gasteiger partial charge is 0.265 e. The molecule has 1 atom stereocenters. The van der Waals surface area contributed by atoms with Crippen LogP contribution < -0.4 is 9.47 Å². The molecular weight excluding hydrogens is 488 g/mol. The van der Waals surface area contributed by atoms with Gasteiger partial charge in [0.05, 0.1) is 0 Å². The number of methoxy groups -OCH3 is 1. The molecule has 0 radical (unpaired) electrons. The number of phenolic OH excluding ortho intramolecular Hbond substituents is 1. The minimum atomic E-state index is -1.45. The average Bonchev–Trinajstić information content (AvgIpc) is 2.94. The number of ether oxygens (including phenoxy) is 3. The number of piperidine rings is 1. The molecule has 2 aliphatic heterocycles. The summed E-state index contributed by atoms with van der Waals surface area (Å²) in [5, 5.41) is 11.6. The van der Waals surface area contributed by atoms with Crippen LogP contribution in [0.3, 0.4) is 0 Å². The van der Waals surface area contributed by atoms with Crippen LogP contribution >= 0.6 is 0 Å². The van der Waals surface area contributed by atoms with Gasteiger partial charge in [0.15, 0.2) is 11.6 Å². The summed E-state index contributed by atoms with van der Waals surface area (Å²) >= 11 is 0. The van der Waals surface area contributed by atoms with Crippen molar-refractivity contribution in [3.63, 3.8) is 0 Å². The molecule has 0 bridgehead atoms. The van der Waals surface area contributed by atoms with Gasteiger partial charge in [0.1, 0.15) is 23.9 Å². The first-order valence-corrected chi connectivity index (χ1v) is 12.9. The largest absolute Gasteiger partial charge is 0.508 e. The van der Waals surface area contributed by atoms with Crippen molar-refractivity contribution in [1.29, 1.82) is 0 Å². The molecule has 4 aromatic carbocycles. The third kappa shape index (κ3) is 4.25. The molecule has 38 heavy (non-hydrogen) atoms. The van der Waals surface area contributed by atoms with E-state index in [0.29, 0.717) is 28.9 Å². The van der Waals surface area contributed by atoms with Gasteiger partial charge in [-0.3, -0.25) is 4.90 Å². The number of nitrogens with zero attached hydrogens (tertiary/aromatic N) is 1. The highest BCUT2D eigenvalue weighted by atomic mass is 19.2. The van der Waals surface area contributed by atoms with E-state index in [2.05, 4.69) is 4.90 Å². The predicted octanol–water partition coefficient (Wildman–Crippen LogP) is 6.60. The third-order valence-corrected chi connectivity index (χ3v) is 7.55. The lowest BCUT2D eigenvalue weighted by molar-refractivity contribution is -0.138. The fourth-order valence-corrected chi connectivity index (χ4v) is 5.64. The van der Waals surface area contributed by atoms with Crippen molar-refractivity contribution in [2.75, 3.05) is 33.4 Å². The van der Waals surface area contributed by atoms with E-state index in [-0.39, 0.29) is 11.5 Å². The molecular formula is C31H29F2NO4. The van der Waals surface area contributed by atoms with Gasteiger partial charge in [0.25, 0.3) is 5.79 Å². The van der Waals surface area contributed by atoms with Crippen LogP contribution in [0.15, 0.2) is 66.7 Å². The minimum absolute atomic E-state index is 0.122. The predicted molar refractivity (Wildman–Crippen MR) is 142 cm³/mol. The number of fused-ring (bicyclic) bond motifs is 5. The Balaban J connectivity index is 1.40. The lowest BCUT2D eigenvalue weighted by atomic mass is 9.83. The van der Waals surface area contributed by atoms with Crippen LogP contribution in [-0.4, -0.2) is 43.4 Å². The van der Waals surface area contributed by atoms with E-state index >= 15 is 0 Å². The second-order valence-electron chi connectivity index (χ2n) is 9.85. The molecule has 2 heterocycles. The molecule has 0 spiro atoms. The number of halogens is 2. The van der Waals surface area contributed by atoms with Crippen LogP contribution in [0.5, 0.6) is 17.2 Å². The zero-order valence-corrected chi connectivity index (χ0v) is 21.2. The highest BCUT2D eigenvalue weighted by Crippen LogP contribution is 2.52. The molecule has 7 heteroatoms. The standard InChI is InChI=1S/C31H29F2NO4/c1-36-31(21-6-9-23(10-7-21)37-16-15-34-13-3-2-4-14-34)30-24-12-8-22(35)17-20(24)5-11-25(30)26-18-27(32)28(33)19-29(26)38-31/h5-12,17-19,35H,2-4,13-16H2,1H3. The van der Waals surface area contributed by atoms with E-state index in [1.54, 1.807) is 18.2 Å². The summed E-state index contributed by atoms with van der Waals surface area (Å²) in [6.45, 7) is 3.72. The van der Waals surface area contributed by atoms with Crippen molar-refractivity contribution >= 4 is 10.8 Å². The van der Waals surface area contributed by atoms with Gasteiger partial charge < -0.3 is 19.3 Å². The van der Waals surface area contributed by atoms with Crippen LogP contribution in [-0.2, 0) is 10.5 Å². The normalized spacial score (nSPS) is 19.0. The summed E-state index contributed by atoms with van der Waals surface area (Å²) in [7, 11) is 1.52. The Morgan fingerprint density at radius 1 is 0.895 bits per heavy atom. The molecule has 1 saturated heterocycles. The fraction of sp³-hybridized carbons (Fsp3) is 0.290. The molecule has 5 nitrogen and oxygen atoms in total. The van der Waals surface area contributed by atoms with Crippen molar-refractivity contribution in [2.45, 2.75) is 25.0 Å². The van der Waals surface area contributed by atoms with Crippen molar-refractivity contribution in [2.24, 2.45) is 0 Å². The van der Waals surface area contributed by atoms with Gasteiger partial charge in [-0.15, -0.1) is 0 Å². The lowest BCUT2D eigenvalue weighted by Gasteiger charge is -2.40. The average molecular weight is 518 g/mol. The third-order valence-electron chi connectivity index (χ3n) is 7.55. The monoisotopic (exact) mass is 517 g/mol. The lowest BCUT2D eigenvalue weighted by Crippen LogP contribution is -2.39. The van der Waals surface area contributed by atoms with Gasteiger partial charge in [-0.05, 0) is 84.7 Å². The fourth-order valence-electron chi connectivity index (χ4n) is 5.64. The van der Waals surface area contributed by atoms with Gasteiger partial charge in [0, 0.05) is 36.4 Å². The molecule has 1 N–H and O–H groups in total. The molecule has 0 aromatic heterocycles. The molecule has 0 saturated carbocycles. The molecule has 4 aromatic rings. The molecule has 6 rings (SSSR count). The Hall–Kier alpha value is -3.68. The number of likely N-dealkylation sites (tertiary alicyclic amines) is 1. The minimum Gasteiger partial charge on any atom is -0.508 e. The second kappa shape index (κ2) is 9.89. The van der Waals surface area contributed by atoms with E-state index in [1.807, 2.05) is 36.4 Å². The number of rotatable bonds is 6.